The van der Waals surface area contributed by atoms with Gasteiger partial charge in [-0.15, -0.1) is 0 Å². The number of aromatic nitrogens is 2. The number of rotatable bonds is 5. The number of benzene rings is 1. The van der Waals surface area contributed by atoms with Gasteiger partial charge in [0, 0.05) is 13.3 Å². The Bertz CT molecular complexity index is 620. The van der Waals surface area contributed by atoms with Crippen molar-refractivity contribution in [2.24, 2.45) is 0 Å². The van der Waals surface area contributed by atoms with Gasteiger partial charge < -0.3 is 9.84 Å². The fourth-order valence-corrected chi connectivity index (χ4v) is 1.98. The Hall–Kier alpha value is -1.98. The maximum absolute atomic E-state index is 12.3. The predicted molar refractivity (Wildman–Crippen MR) is 76.6 cm³/mol. The van der Waals surface area contributed by atoms with E-state index >= 15 is 0 Å². The summed E-state index contributed by atoms with van der Waals surface area (Å²) in [7, 11) is 1.50. The average Bonchev–Trinajstić information content (AvgIpc) is 2.43. The van der Waals surface area contributed by atoms with Crippen LogP contribution in [-0.2, 0) is 11.3 Å². The summed E-state index contributed by atoms with van der Waals surface area (Å²) in [6.07, 6.45) is 0.814. The zero-order valence-corrected chi connectivity index (χ0v) is 11.6. The van der Waals surface area contributed by atoms with Crippen molar-refractivity contribution in [1.82, 2.24) is 9.78 Å². The summed E-state index contributed by atoms with van der Waals surface area (Å²) < 4.78 is 6.11. The van der Waals surface area contributed by atoms with Crippen molar-refractivity contribution in [2.75, 3.05) is 13.7 Å². The third-order valence-corrected chi connectivity index (χ3v) is 3.02. The molecule has 0 aliphatic carbocycles. The number of nitrogens with zero attached hydrogens (tertiary/aromatic N) is 2. The van der Waals surface area contributed by atoms with Crippen molar-refractivity contribution < 1.29 is 9.84 Å². The lowest BCUT2D eigenvalue weighted by atomic mass is 10.1. The van der Waals surface area contributed by atoms with Crippen LogP contribution in [0.5, 0.6) is 0 Å². The number of methoxy groups -OCH3 is 1. The van der Waals surface area contributed by atoms with Crippen LogP contribution in [0.3, 0.4) is 0 Å². The SMILES string of the molecule is COCC(O)Cn1nccc(-c2ccc(C)cc2)c1=O. The first-order chi connectivity index (χ1) is 9.61. The highest BCUT2D eigenvalue weighted by molar-refractivity contribution is 5.62. The lowest BCUT2D eigenvalue weighted by Crippen LogP contribution is -2.31. The third-order valence-electron chi connectivity index (χ3n) is 3.02. The molecule has 0 radical (unpaired) electrons. The first kappa shape index (κ1) is 14.4. The van der Waals surface area contributed by atoms with Crippen LogP contribution in [0.2, 0.25) is 0 Å². The molecule has 2 aromatic rings. The van der Waals surface area contributed by atoms with Crippen LogP contribution in [0, 0.1) is 6.92 Å². The molecule has 1 unspecified atom stereocenters. The number of aliphatic hydroxyl groups is 1. The minimum atomic E-state index is -0.751. The van der Waals surface area contributed by atoms with E-state index in [0.717, 1.165) is 11.1 Å². The second kappa shape index (κ2) is 6.45. The van der Waals surface area contributed by atoms with Gasteiger partial charge in [0.2, 0.25) is 0 Å². The number of hydrogen-bond donors (Lipinski definition) is 1. The van der Waals surface area contributed by atoms with Gasteiger partial charge in [0.1, 0.15) is 0 Å². The topological polar surface area (TPSA) is 64.3 Å². The molecule has 0 amide bonds. The zero-order valence-electron chi connectivity index (χ0n) is 11.6. The van der Waals surface area contributed by atoms with Crippen LogP contribution in [0.15, 0.2) is 41.3 Å². The van der Waals surface area contributed by atoms with Crippen molar-refractivity contribution in [3.05, 3.63) is 52.4 Å². The van der Waals surface area contributed by atoms with Crippen LogP contribution < -0.4 is 5.56 Å². The highest BCUT2D eigenvalue weighted by Crippen LogP contribution is 2.15. The molecule has 5 heteroatoms. The monoisotopic (exact) mass is 274 g/mol. The van der Waals surface area contributed by atoms with Crippen molar-refractivity contribution in [3.63, 3.8) is 0 Å². The molecule has 0 fully saturated rings. The van der Waals surface area contributed by atoms with E-state index in [-0.39, 0.29) is 18.7 Å². The largest absolute Gasteiger partial charge is 0.389 e. The normalized spacial score (nSPS) is 12.3. The van der Waals surface area contributed by atoms with E-state index in [9.17, 15) is 9.90 Å². The molecule has 1 atom stereocenters. The first-order valence-electron chi connectivity index (χ1n) is 6.42. The molecule has 0 saturated heterocycles. The third kappa shape index (κ3) is 3.31. The number of ether oxygens (including phenoxy) is 1. The van der Waals surface area contributed by atoms with Gasteiger partial charge in [-0.2, -0.15) is 5.10 Å². The summed E-state index contributed by atoms with van der Waals surface area (Å²) in [6.45, 7) is 2.28. The van der Waals surface area contributed by atoms with Crippen LogP contribution in [0.25, 0.3) is 11.1 Å². The van der Waals surface area contributed by atoms with Crippen molar-refractivity contribution >= 4 is 0 Å². The highest BCUT2D eigenvalue weighted by atomic mass is 16.5. The van der Waals surface area contributed by atoms with Crippen molar-refractivity contribution in [1.29, 1.82) is 0 Å². The maximum atomic E-state index is 12.3. The fraction of sp³-hybridized carbons (Fsp3) is 0.333. The van der Waals surface area contributed by atoms with E-state index < -0.39 is 6.10 Å². The Morgan fingerprint density at radius 3 is 2.65 bits per heavy atom. The van der Waals surface area contributed by atoms with Crippen LogP contribution in [0.4, 0.5) is 0 Å². The van der Waals surface area contributed by atoms with Gasteiger partial charge in [0.15, 0.2) is 0 Å². The van der Waals surface area contributed by atoms with E-state index in [2.05, 4.69) is 5.10 Å². The molecule has 20 heavy (non-hydrogen) atoms. The van der Waals surface area contributed by atoms with Crippen molar-refractivity contribution in [3.8, 4) is 11.1 Å². The Labute approximate surface area is 117 Å². The number of aryl methyl sites for hydroxylation is 1. The lowest BCUT2D eigenvalue weighted by molar-refractivity contribution is 0.0504. The standard InChI is InChI=1S/C15H18N2O3/c1-11-3-5-12(6-4-11)14-7-8-16-17(15(14)19)9-13(18)10-20-2/h3-8,13,18H,9-10H2,1-2H3. The molecule has 0 bridgehead atoms. The maximum Gasteiger partial charge on any atom is 0.274 e. The van der Waals surface area contributed by atoms with E-state index in [4.69, 9.17) is 4.74 Å². The van der Waals surface area contributed by atoms with Gasteiger partial charge in [0.05, 0.1) is 24.8 Å². The summed E-state index contributed by atoms with van der Waals surface area (Å²) in [5, 5.41) is 13.7. The van der Waals surface area contributed by atoms with E-state index in [1.807, 2.05) is 31.2 Å². The molecule has 1 heterocycles. The quantitative estimate of drug-likeness (QED) is 0.890. The number of aliphatic hydroxyl groups excluding tert-OH is 1. The molecule has 0 aliphatic heterocycles. The predicted octanol–water partition coefficient (Wildman–Crippen LogP) is 1.23. The molecule has 0 saturated carbocycles. The van der Waals surface area contributed by atoms with Gasteiger partial charge in [-0.25, -0.2) is 4.68 Å². The van der Waals surface area contributed by atoms with Gasteiger partial charge in [-0.3, -0.25) is 4.79 Å². The van der Waals surface area contributed by atoms with Crippen LogP contribution in [-0.4, -0.2) is 34.7 Å². The Kier molecular flexibility index (Phi) is 4.65. The summed E-state index contributed by atoms with van der Waals surface area (Å²) in [5.74, 6) is 0. The molecule has 1 aromatic heterocycles. The Morgan fingerprint density at radius 1 is 1.30 bits per heavy atom. The van der Waals surface area contributed by atoms with Crippen LogP contribution >= 0.6 is 0 Å². The average molecular weight is 274 g/mol. The van der Waals surface area contributed by atoms with Crippen LogP contribution in [0.1, 0.15) is 5.56 Å². The molecule has 2 rings (SSSR count). The van der Waals surface area contributed by atoms with E-state index in [1.165, 1.54) is 11.8 Å². The molecule has 0 aliphatic rings. The fourth-order valence-electron chi connectivity index (χ4n) is 1.98. The second-order valence-corrected chi connectivity index (χ2v) is 4.71. The van der Waals surface area contributed by atoms with E-state index in [0.29, 0.717) is 5.56 Å². The van der Waals surface area contributed by atoms with Gasteiger partial charge in [-0.05, 0) is 18.6 Å². The molecule has 5 nitrogen and oxygen atoms in total. The Balaban J connectivity index is 2.32. The lowest BCUT2D eigenvalue weighted by Gasteiger charge is -2.11. The minimum Gasteiger partial charge on any atom is -0.389 e. The van der Waals surface area contributed by atoms with Gasteiger partial charge in [-0.1, -0.05) is 29.8 Å². The van der Waals surface area contributed by atoms with Crippen molar-refractivity contribution in [2.45, 2.75) is 19.6 Å². The number of hydrogen-bond acceptors (Lipinski definition) is 4. The van der Waals surface area contributed by atoms with Gasteiger partial charge in [0.25, 0.3) is 5.56 Å². The molecule has 0 spiro atoms. The molecular formula is C15H18N2O3. The summed E-state index contributed by atoms with van der Waals surface area (Å²) in [6, 6.07) is 9.41. The summed E-state index contributed by atoms with van der Waals surface area (Å²) in [4.78, 5) is 12.3. The smallest absolute Gasteiger partial charge is 0.274 e. The Morgan fingerprint density at radius 2 is 2.00 bits per heavy atom. The molecule has 106 valence electrons. The summed E-state index contributed by atoms with van der Waals surface area (Å²) >= 11 is 0. The molecule has 1 aromatic carbocycles. The highest BCUT2D eigenvalue weighted by Gasteiger charge is 2.10. The summed E-state index contributed by atoms with van der Waals surface area (Å²) in [5.41, 5.74) is 2.34. The zero-order chi connectivity index (χ0) is 14.5. The van der Waals surface area contributed by atoms with Gasteiger partial charge >= 0.3 is 0 Å². The second-order valence-electron chi connectivity index (χ2n) is 4.71. The minimum absolute atomic E-state index is 0.117. The molecule has 1 N–H and O–H groups in total. The van der Waals surface area contributed by atoms with E-state index in [1.54, 1.807) is 12.3 Å². The molecular weight excluding hydrogens is 256 g/mol. The first-order valence-corrected chi connectivity index (χ1v) is 6.42.